The summed E-state index contributed by atoms with van der Waals surface area (Å²) in [5, 5.41) is 6.89. The molecule has 0 amide bonds. The highest BCUT2D eigenvalue weighted by Gasteiger charge is 2.31. The van der Waals surface area contributed by atoms with E-state index >= 15 is 0 Å². The topological polar surface area (TPSA) is 80.5 Å². The second-order valence-corrected chi connectivity index (χ2v) is 8.38. The molecule has 7 nitrogen and oxygen atoms in total. The molecule has 0 bridgehead atoms. The Bertz CT molecular complexity index is 1020. The van der Waals surface area contributed by atoms with E-state index in [0.29, 0.717) is 12.0 Å². The van der Waals surface area contributed by atoms with Gasteiger partial charge in [0.05, 0.1) is 19.3 Å². The molecule has 0 spiro atoms. The molecule has 1 N–H and O–H groups in total. The fourth-order valence-corrected chi connectivity index (χ4v) is 4.77. The minimum absolute atomic E-state index is 0.250. The molecule has 0 saturated carbocycles. The number of hydrogen-bond donors (Lipinski definition) is 1. The number of aromatic nitrogens is 3. The van der Waals surface area contributed by atoms with Crippen LogP contribution in [0, 0.1) is 12.8 Å². The van der Waals surface area contributed by atoms with Crippen molar-refractivity contribution < 1.29 is 14.6 Å². The third-order valence-electron chi connectivity index (χ3n) is 6.36. The van der Waals surface area contributed by atoms with E-state index in [-0.39, 0.29) is 6.47 Å². The van der Waals surface area contributed by atoms with Gasteiger partial charge in [0.2, 0.25) is 0 Å². The van der Waals surface area contributed by atoms with Crippen LogP contribution in [0.25, 0.3) is 11.4 Å². The Morgan fingerprint density at radius 2 is 1.88 bits per heavy atom. The molecule has 2 aliphatic heterocycles. The van der Waals surface area contributed by atoms with Crippen LogP contribution in [0.5, 0.6) is 0 Å². The number of carbonyl (C=O) groups is 1. The number of rotatable bonds is 5. The average molecular weight is 435 g/mol. The smallest absolute Gasteiger partial charge is 0.290 e. The Kier molecular flexibility index (Phi) is 7.17. The van der Waals surface area contributed by atoms with Crippen LogP contribution in [0.3, 0.4) is 0 Å². The molecular formula is C25H30N4O3. The molecule has 2 aliphatic rings. The largest absolute Gasteiger partial charge is 0.483 e. The standard InChI is InChI=1S/C24H28N4O.CH2O2/c1-18-14-21(27-11-2-3-12-27)4-5-22(18)24-26-10-13-28(24)23-17-29-16-20(23)15-19-6-8-25-9-7-19;2-1-3/h4-10,13-14,20,23H,2-3,11-12,15-17H2,1H3;1H,(H,2,3)/t20-,23-;/m1./s1. The molecule has 32 heavy (non-hydrogen) atoms. The lowest BCUT2D eigenvalue weighted by Crippen LogP contribution is -2.20. The minimum atomic E-state index is -0.250. The third kappa shape index (κ3) is 4.83. The second kappa shape index (κ2) is 10.4. The summed E-state index contributed by atoms with van der Waals surface area (Å²) in [6.07, 6.45) is 11.4. The molecular weight excluding hydrogens is 404 g/mol. The Morgan fingerprint density at radius 3 is 2.59 bits per heavy atom. The molecule has 2 atom stereocenters. The van der Waals surface area contributed by atoms with Gasteiger partial charge in [-0.25, -0.2) is 4.98 Å². The van der Waals surface area contributed by atoms with Crippen LogP contribution >= 0.6 is 0 Å². The summed E-state index contributed by atoms with van der Waals surface area (Å²) in [6.45, 7) is 5.82. The van der Waals surface area contributed by atoms with Gasteiger partial charge in [0.15, 0.2) is 0 Å². The molecule has 2 fully saturated rings. The molecule has 0 unspecified atom stereocenters. The van der Waals surface area contributed by atoms with Gasteiger partial charge in [0.1, 0.15) is 5.82 Å². The van der Waals surface area contributed by atoms with E-state index in [2.05, 4.69) is 57.9 Å². The van der Waals surface area contributed by atoms with Gasteiger partial charge in [-0.2, -0.15) is 0 Å². The van der Waals surface area contributed by atoms with Gasteiger partial charge in [-0.3, -0.25) is 9.78 Å². The van der Waals surface area contributed by atoms with Crippen molar-refractivity contribution >= 4 is 12.2 Å². The van der Waals surface area contributed by atoms with Crippen LogP contribution in [0.2, 0.25) is 0 Å². The average Bonchev–Trinajstić information content (AvgIpc) is 3.57. The molecule has 168 valence electrons. The van der Waals surface area contributed by atoms with E-state index in [9.17, 15) is 0 Å². The lowest BCUT2D eigenvalue weighted by molar-refractivity contribution is -0.122. The molecule has 0 aliphatic carbocycles. The van der Waals surface area contributed by atoms with E-state index < -0.39 is 0 Å². The summed E-state index contributed by atoms with van der Waals surface area (Å²) >= 11 is 0. The van der Waals surface area contributed by atoms with Gasteiger partial charge in [-0.05, 0) is 67.6 Å². The van der Waals surface area contributed by atoms with Crippen LogP contribution < -0.4 is 4.90 Å². The highest BCUT2D eigenvalue weighted by molar-refractivity contribution is 5.66. The molecule has 1 aromatic carbocycles. The quantitative estimate of drug-likeness (QED) is 0.612. The Balaban J connectivity index is 0.000000775. The monoisotopic (exact) mass is 434 g/mol. The first kappa shape index (κ1) is 22.0. The summed E-state index contributed by atoms with van der Waals surface area (Å²) in [5.74, 6) is 1.49. The van der Waals surface area contributed by atoms with Crippen molar-refractivity contribution in [1.82, 2.24) is 14.5 Å². The number of nitrogens with zero attached hydrogens (tertiary/aromatic N) is 4. The lowest BCUT2D eigenvalue weighted by atomic mass is 9.95. The lowest BCUT2D eigenvalue weighted by Gasteiger charge is -2.23. The Labute approximate surface area is 188 Å². The van der Waals surface area contributed by atoms with Gasteiger partial charge in [-0.15, -0.1) is 0 Å². The summed E-state index contributed by atoms with van der Waals surface area (Å²) in [5.41, 5.74) is 5.15. The van der Waals surface area contributed by atoms with Crippen LogP contribution in [0.15, 0.2) is 55.1 Å². The highest BCUT2D eigenvalue weighted by Crippen LogP contribution is 2.34. The number of hydrogen-bond acceptors (Lipinski definition) is 5. The Hall–Kier alpha value is -3.19. The molecule has 0 radical (unpaired) electrons. The van der Waals surface area contributed by atoms with E-state index in [1.165, 1.54) is 48.3 Å². The molecule has 5 rings (SSSR count). The highest BCUT2D eigenvalue weighted by atomic mass is 16.5. The van der Waals surface area contributed by atoms with Crippen LogP contribution in [0.1, 0.15) is 30.0 Å². The number of ether oxygens (including phenoxy) is 1. The van der Waals surface area contributed by atoms with Crippen molar-refractivity contribution in [2.24, 2.45) is 5.92 Å². The summed E-state index contributed by atoms with van der Waals surface area (Å²) in [6, 6.07) is 11.3. The maximum absolute atomic E-state index is 8.36. The van der Waals surface area contributed by atoms with Crippen molar-refractivity contribution in [3.63, 3.8) is 0 Å². The number of imidazole rings is 1. The fraction of sp³-hybridized carbons (Fsp3) is 0.400. The zero-order valence-corrected chi connectivity index (χ0v) is 18.4. The van der Waals surface area contributed by atoms with Gasteiger partial charge in [-0.1, -0.05) is 0 Å². The van der Waals surface area contributed by atoms with Crippen LogP contribution in [-0.4, -0.2) is 52.4 Å². The van der Waals surface area contributed by atoms with Gasteiger partial charge < -0.3 is 19.3 Å². The van der Waals surface area contributed by atoms with Gasteiger partial charge >= 0.3 is 0 Å². The summed E-state index contributed by atoms with van der Waals surface area (Å²) in [4.78, 5) is 19.7. The molecule has 2 aromatic heterocycles. The predicted molar refractivity (Wildman–Crippen MR) is 124 cm³/mol. The van der Waals surface area contributed by atoms with Gasteiger partial charge in [0, 0.05) is 55.0 Å². The number of aryl methyl sites for hydroxylation is 1. The molecule has 4 heterocycles. The number of benzene rings is 1. The van der Waals surface area contributed by atoms with Crippen molar-refractivity contribution in [1.29, 1.82) is 0 Å². The van der Waals surface area contributed by atoms with Crippen molar-refractivity contribution in [2.45, 2.75) is 32.2 Å². The number of pyridine rings is 1. The van der Waals surface area contributed by atoms with Crippen molar-refractivity contribution in [3.05, 3.63) is 66.2 Å². The minimum Gasteiger partial charge on any atom is -0.483 e. The first-order valence-electron chi connectivity index (χ1n) is 11.1. The summed E-state index contributed by atoms with van der Waals surface area (Å²) < 4.78 is 8.23. The van der Waals surface area contributed by atoms with E-state index in [0.717, 1.165) is 25.5 Å². The molecule has 2 saturated heterocycles. The second-order valence-electron chi connectivity index (χ2n) is 8.38. The number of anilines is 1. The van der Waals surface area contributed by atoms with Crippen molar-refractivity contribution in [2.75, 3.05) is 31.2 Å². The Morgan fingerprint density at radius 1 is 1.12 bits per heavy atom. The molecule has 3 aromatic rings. The van der Waals surface area contributed by atoms with E-state index in [1.807, 2.05) is 18.6 Å². The molecule has 7 heteroatoms. The zero-order valence-electron chi connectivity index (χ0n) is 18.4. The van der Waals surface area contributed by atoms with Gasteiger partial charge in [0.25, 0.3) is 6.47 Å². The number of carboxylic acid groups (broad SMARTS) is 1. The normalized spacial score (nSPS) is 20.1. The van der Waals surface area contributed by atoms with Crippen molar-refractivity contribution in [3.8, 4) is 11.4 Å². The fourth-order valence-electron chi connectivity index (χ4n) is 4.77. The predicted octanol–water partition coefficient (Wildman–Crippen LogP) is 3.98. The first-order valence-corrected chi connectivity index (χ1v) is 11.1. The zero-order chi connectivity index (χ0) is 22.3. The maximum Gasteiger partial charge on any atom is 0.290 e. The third-order valence-corrected chi connectivity index (χ3v) is 6.36. The summed E-state index contributed by atoms with van der Waals surface area (Å²) in [7, 11) is 0. The SMILES string of the molecule is Cc1cc(N2CCCC2)ccc1-c1nccn1[C@@H]1COC[C@H]1Cc1ccncc1.O=CO. The van der Waals surface area contributed by atoms with Crippen LogP contribution in [0.4, 0.5) is 5.69 Å². The van der Waals surface area contributed by atoms with E-state index in [4.69, 9.17) is 19.6 Å². The van der Waals surface area contributed by atoms with Crippen LogP contribution in [-0.2, 0) is 16.0 Å². The first-order chi connectivity index (χ1) is 15.7. The van der Waals surface area contributed by atoms with E-state index in [1.54, 1.807) is 0 Å². The maximum atomic E-state index is 8.36.